The van der Waals surface area contributed by atoms with Crippen LogP contribution in [0.5, 0.6) is 0 Å². The van der Waals surface area contributed by atoms with Crippen molar-refractivity contribution in [3.05, 3.63) is 83.7 Å². The Morgan fingerprint density at radius 3 is 2.45 bits per heavy atom. The zero-order valence-corrected chi connectivity index (χ0v) is 18.5. The summed E-state index contributed by atoms with van der Waals surface area (Å²) in [5, 5.41) is 12.4. The summed E-state index contributed by atoms with van der Waals surface area (Å²) in [6.07, 6.45) is 3.46. The molecule has 4 rings (SSSR count). The van der Waals surface area contributed by atoms with Gasteiger partial charge in [-0.3, -0.25) is 14.3 Å². The van der Waals surface area contributed by atoms with Crippen LogP contribution in [0.15, 0.2) is 72.1 Å². The van der Waals surface area contributed by atoms with Gasteiger partial charge in [0.2, 0.25) is 5.91 Å². The molecule has 2 heterocycles. The first-order valence-electron chi connectivity index (χ1n) is 9.94. The van der Waals surface area contributed by atoms with E-state index in [9.17, 15) is 4.79 Å². The molecule has 2 aromatic heterocycles. The van der Waals surface area contributed by atoms with Crippen LogP contribution in [0.4, 0.5) is 5.69 Å². The summed E-state index contributed by atoms with van der Waals surface area (Å²) in [6.45, 7) is 6.09. The number of pyridine rings is 1. The van der Waals surface area contributed by atoms with Crippen LogP contribution in [0.1, 0.15) is 16.7 Å². The molecule has 0 aliphatic rings. The maximum atomic E-state index is 12.6. The van der Waals surface area contributed by atoms with Gasteiger partial charge < -0.3 is 5.32 Å². The zero-order valence-electron chi connectivity index (χ0n) is 17.7. The molecule has 0 radical (unpaired) electrons. The lowest BCUT2D eigenvalue weighted by Gasteiger charge is -2.12. The topological polar surface area (TPSA) is 72.7 Å². The molecule has 0 bridgehead atoms. The summed E-state index contributed by atoms with van der Waals surface area (Å²) in [4.78, 5) is 16.7. The lowest BCUT2D eigenvalue weighted by molar-refractivity contribution is -0.113. The molecule has 6 nitrogen and oxygen atoms in total. The monoisotopic (exact) mass is 429 g/mol. The molecule has 31 heavy (non-hydrogen) atoms. The van der Waals surface area contributed by atoms with E-state index >= 15 is 0 Å². The van der Waals surface area contributed by atoms with E-state index in [-0.39, 0.29) is 11.7 Å². The summed E-state index contributed by atoms with van der Waals surface area (Å²) >= 11 is 1.36. The maximum Gasteiger partial charge on any atom is 0.234 e. The van der Waals surface area contributed by atoms with Crippen LogP contribution in [-0.2, 0) is 4.79 Å². The second kappa shape index (κ2) is 9.14. The van der Waals surface area contributed by atoms with Crippen molar-refractivity contribution in [3.8, 4) is 17.1 Å². The van der Waals surface area contributed by atoms with Crippen molar-refractivity contribution < 1.29 is 4.79 Å². The highest BCUT2D eigenvalue weighted by molar-refractivity contribution is 7.99. The largest absolute Gasteiger partial charge is 0.325 e. The van der Waals surface area contributed by atoms with Gasteiger partial charge in [0.05, 0.1) is 5.75 Å². The molecule has 1 N–H and O–H groups in total. The lowest BCUT2D eigenvalue weighted by Crippen LogP contribution is -2.15. The Kier molecular flexibility index (Phi) is 6.13. The number of thioether (sulfide) groups is 1. The molecular formula is C24H23N5OS. The number of amides is 1. The maximum absolute atomic E-state index is 12.6. The predicted octanol–water partition coefficient (Wildman–Crippen LogP) is 4.99. The number of aromatic nitrogens is 4. The van der Waals surface area contributed by atoms with Gasteiger partial charge in [-0.05, 0) is 62.2 Å². The summed E-state index contributed by atoms with van der Waals surface area (Å²) < 4.78 is 1.98. The van der Waals surface area contributed by atoms with Gasteiger partial charge in [-0.2, -0.15) is 0 Å². The average Bonchev–Trinajstić information content (AvgIpc) is 3.21. The fourth-order valence-corrected chi connectivity index (χ4v) is 3.93. The van der Waals surface area contributed by atoms with Crippen LogP contribution in [0.3, 0.4) is 0 Å². The van der Waals surface area contributed by atoms with E-state index in [2.05, 4.69) is 20.5 Å². The van der Waals surface area contributed by atoms with Crippen LogP contribution < -0.4 is 5.32 Å². The van der Waals surface area contributed by atoms with Crippen LogP contribution in [0.2, 0.25) is 0 Å². The van der Waals surface area contributed by atoms with Gasteiger partial charge in [0.1, 0.15) is 0 Å². The van der Waals surface area contributed by atoms with Gasteiger partial charge >= 0.3 is 0 Å². The number of hydrogen-bond donors (Lipinski definition) is 1. The number of nitrogens with zero attached hydrogens (tertiary/aromatic N) is 4. The molecule has 0 unspecified atom stereocenters. The van der Waals surface area contributed by atoms with Gasteiger partial charge in [-0.1, -0.05) is 41.6 Å². The highest BCUT2D eigenvalue weighted by atomic mass is 32.2. The minimum Gasteiger partial charge on any atom is -0.325 e. The van der Waals surface area contributed by atoms with E-state index in [4.69, 9.17) is 0 Å². The third-order valence-electron chi connectivity index (χ3n) is 5.08. The summed E-state index contributed by atoms with van der Waals surface area (Å²) in [5.74, 6) is 0.861. The molecule has 1 amide bonds. The summed E-state index contributed by atoms with van der Waals surface area (Å²) in [7, 11) is 0. The van der Waals surface area contributed by atoms with Crippen molar-refractivity contribution in [2.75, 3.05) is 11.1 Å². The number of aryl methyl sites for hydroxylation is 2. The van der Waals surface area contributed by atoms with Gasteiger partial charge in [0.15, 0.2) is 11.0 Å². The fourth-order valence-electron chi connectivity index (χ4n) is 3.18. The Balaban J connectivity index is 1.59. The van der Waals surface area contributed by atoms with Crippen molar-refractivity contribution in [2.45, 2.75) is 25.9 Å². The average molecular weight is 430 g/mol. The first-order chi connectivity index (χ1) is 15.0. The Morgan fingerprint density at radius 1 is 0.968 bits per heavy atom. The molecule has 0 fully saturated rings. The standard InChI is InChI=1S/C24H23N5OS/c1-16-7-9-20(10-8-16)29-23(19-11-13-25-14-12-19)27-28-24(29)31-15-22(30)26-21-6-4-5-17(2)18(21)3/h4-14H,15H2,1-3H3,(H,26,30). The molecular weight excluding hydrogens is 406 g/mol. The first kappa shape index (κ1) is 20.8. The van der Waals surface area contributed by atoms with Crippen molar-refractivity contribution in [1.82, 2.24) is 19.7 Å². The molecule has 0 saturated carbocycles. The first-order valence-corrected chi connectivity index (χ1v) is 10.9. The van der Waals surface area contributed by atoms with Crippen LogP contribution in [0.25, 0.3) is 17.1 Å². The Bertz CT molecular complexity index is 1200. The molecule has 0 saturated heterocycles. The normalized spacial score (nSPS) is 10.8. The smallest absolute Gasteiger partial charge is 0.234 e. The number of nitrogens with one attached hydrogen (secondary N) is 1. The minimum absolute atomic E-state index is 0.0809. The number of hydrogen-bond acceptors (Lipinski definition) is 5. The highest BCUT2D eigenvalue weighted by Crippen LogP contribution is 2.28. The quantitative estimate of drug-likeness (QED) is 0.437. The highest BCUT2D eigenvalue weighted by Gasteiger charge is 2.17. The van der Waals surface area contributed by atoms with E-state index < -0.39 is 0 Å². The lowest BCUT2D eigenvalue weighted by atomic mass is 10.1. The fraction of sp³-hybridized carbons (Fsp3) is 0.167. The molecule has 4 aromatic rings. The molecule has 156 valence electrons. The number of benzene rings is 2. The minimum atomic E-state index is -0.0809. The molecule has 0 atom stereocenters. The SMILES string of the molecule is Cc1ccc(-n2c(SCC(=O)Nc3cccc(C)c3C)nnc2-c2ccncc2)cc1. The van der Waals surface area contributed by atoms with Gasteiger partial charge in [-0.15, -0.1) is 10.2 Å². The molecule has 0 spiro atoms. The van der Waals surface area contributed by atoms with Crippen molar-refractivity contribution in [1.29, 1.82) is 0 Å². The number of anilines is 1. The molecule has 0 aliphatic heterocycles. The molecule has 0 aliphatic carbocycles. The van der Waals surface area contributed by atoms with Gasteiger partial charge in [0, 0.05) is 29.3 Å². The van der Waals surface area contributed by atoms with Crippen LogP contribution >= 0.6 is 11.8 Å². The van der Waals surface area contributed by atoms with Crippen LogP contribution in [0, 0.1) is 20.8 Å². The summed E-state index contributed by atoms with van der Waals surface area (Å²) in [5.41, 5.74) is 6.08. The molecule has 2 aromatic carbocycles. The Hall–Kier alpha value is -3.45. The van der Waals surface area contributed by atoms with Crippen molar-refractivity contribution in [3.63, 3.8) is 0 Å². The van der Waals surface area contributed by atoms with E-state index in [0.29, 0.717) is 11.0 Å². The summed E-state index contributed by atoms with van der Waals surface area (Å²) in [6, 6.07) is 17.9. The second-order valence-electron chi connectivity index (χ2n) is 7.30. The van der Waals surface area contributed by atoms with Crippen molar-refractivity contribution >= 4 is 23.4 Å². The zero-order chi connectivity index (χ0) is 21.8. The number of rotatable bonds is 6. The second-order valence-corrected chi connectivity index (χ2v) is 8.24. The van der Waals surface area contributed by atoms with Crippen LogP contribution in [-0.4, -0.2) is 31.4 Å². The number of carbonyl (C=O) groups is 1. The van der Waals surface area contributed by atoms with Crippen molar-refractivity contribution in [2.24, 2.45) is 0 Å². The van der Waals surface area contributed by atoms with E-state index in [1.807, 2.05) is 79.9 Å². The Morgan fingerprint density at radius 2 is 1.71 bits per heavy atom. The van der Waals surface area contributed by atoms with E-state index in [0.717, 1.165) is 28.1 Å². The third kappa shape index (κ3) is 4.67. The number of carbonyl (C=O) groups excluding carboxylic acids is 1. The van der Waals surface area contributed by atoms with Gasteiger partial charge in [0.25, 0.3) is 0 Å². The third-order valence-corrected chi connectivity index (χ3v) is 6.00. The van der Waals surface area contributed by atoms with E-state index in [1.54, 1.807) is 12.4 Å². The Labute approximate surface area is 185 Å². The van der Waals surface area contributed by atoms with Gasteiger partial charge in [-0.25, -0.2) is 0 Å². The predicted molar refractivity (Wildman–Crippen MR) is 125 cm³/mol. The molecule has 7 heteroatoms. The van der Waals surface area contributed by atoms with E-state index in [1.165, 1.54) is 17.3 Å².